The Balaban J connectivity index is 1.38. The number of halogens is 1. The summed E-state index contributed by atoms with van der Waals surface area (Å²) in [6, 6.07) is 13.0. The van der Waals surface area contributed by atoms with Crippen LogP contribution in [0.15, 0.2) is 61.1 Å². The summed E-state index contributed by atoms with van der Waals surface area (Å²) in [5.74, 6) is 0.774. The third kappa shape index (κ3) is 4.86. The first-order valence-electron chi connectivity index (χ1n) is 10.2. The van der Waals surface area contributed by atoms with Crippen molar-refractivity contribution in [2.75, 3.05) is 18.4 Å². The number of carbonyl (C=O) groups excluding carboxylic acids is 1. The molecule has 1 amide bonds. The summed E-state index contributed by atoms with van der Waals surface area (Å²) in [6.07, 6.45) is 6.78. The van der Waals surface area contributed by atoms with E-state index in [1.807, 2.05) is 38.2 Å². The molecule has 0 aliphatic carbocycles. The van der Waals surface area contributed by atoms with Crippen LogP contribution in [-0.2, 0) is 0 Å². The van der Waals surface area contributed by atoms with Gasteiger partial charge in [-0.05, 0) is 36.5 Å². The predicted molar refractivity (Wildman–Crippen MR) is 126 cm³/mol. The monoisotopic (exact) mass is 432 g/mol. The van der Waals surface area contributed by atoms with E-state index in [0.717, 1.165) is 47.6 Å². The second kappa shape index (κ2) is 9.62. The first-order chi connectivity index (χ1) is 15.1. The quantitative estimate of drug-likeness (QED) is 0.330. The van der Waals surface area contributed by atoms with Gasteiger partial charge in [0.2, 0.25) is 0 Å². The van der Waals surface area contributed by atoms with E-state index in [-0.39, 0.29) is 5.91 Å². The Morgan fingerprint density at radius 1 is 1.10 bits per heavy atom. The Hall–Kier alpha value is -3.39. The Bertz CT molecular complexity index is 1200. The summed E-state index contributed by atoms with van der Waals surface area (Å²) < 4.78 is 1.81. The number of amides is 1. The summed E-state index contributed by atoms with van der Waals surface area (Å²) in [5, 5.41) is 11.5. The lowest BCUT2D eigenvalue weighted by Gasteiger charge is -2.12. The van der Waals surface area contributed by atoms with Crippen LogP contribution in [0.5, 0.6) is 0 Å². The number of pyridine rings is 1. The average molecular weight is 433 g/mol. The number of fused-ring (bicyclic) bond motifs is 1. The molecule has 3 heterocycles. The van der Waals surface area contributed by atoms with Crippen molar-refractivity contribution in [2.45, 2.75) is 12.8 Å². The standard InChI is InChI=1S/C22H22BClN6O/c23-17-14-28-30-20(13-19(29-21(17)30)16-5-1-2-6-18(16)24)26-9-3-4-10-27-22(31)15-7-11-25-12-8-15/h1-2,5-8,11-14,26H,3-4,9-10,23H2,(H,27,31). The summed E-state index contributed by atoms with van der Waals surface area (Å²) >= 11 is 6.39. The van der Waals surface area contributed by atoms with Crippen LogP contribution in [-0.4, -0.2) is 46.4 Å². The number of nitrogens with one attached hydrogen (secondary N) is 2. The second-order valence-corrected chi connectivity index (χ2v) is 7.60. The van der Waals surface area contributed by atoms with Crippen LogP contribution in [0.3, 0.4) is 0 Å². The zero-order valence-electron chi connectivity index (χ0n) is 17.2. The third-order valence-electron chi connectivity index (χ3n) is 4.94. The number of benzene rings is 1. The predicted octanol–water partition coefficient (Wildman–Crippen LogP) is 2.33. The molecule has 0 aliphatic heterocycles. The van der Waals surface area contributed by atoms with Gasteiger partial charge in [0.15, 0.2) is 5.65 Å². The first-order valence-corrected chi connectivity index (χ1v) is 10.5. The second-order valence-electron chi connectivity index (χ2n) is 7.20. The van der Waals surface area contributed by atoms with Crippen molar-refractivity contribution in [1.29, 1.82) is 0 Å². The van der Waals surface area contributed by atoms with Crippen LogP contribution in [0.4, 0.5) is 5.82 Å². The highest BCUT2D eigenvalue weighted by atomic mass is 35.5. The van der Waals surface area contributed by atoms with Gasteiger partial charge in [0, 0.05) is 53.9 Å². The number of unbranched alkanes of at least 4 members (excludes halogenated alkanes) is 1. The Labute approximate surface area is 186 Å². The van der Waals surface area contributed by atoms with Gasteiger partial charge in [-0.2, -0.15) is 9.61 Å². The lowest BCUT2D eigenvalue weighted by molar-refractivity contribution is 0.0953. The van der Waals surface area contributed by atoms with E-state index in [1.54, 1.807) is 35.2 Å². The van der Waals surface area contributed by atoms with Gasteiger partial charge in [-0.3, -0.25) is 9.78 Å². The molecule has 1 aromatic carbocycles. The van der Waals surface area contributed by atoms with E-state index < -0.39 is 0 Å². The van der Waals surface area contributed by atoms with Crippen molar-refractivity contribution in [3.05, 3.63) is 71.6 Å². The number of hydrogen-bond acceptors (Lipinski definition) is 5. The van der Waals surface area contributed by atoms with Crippen molar-refractivity contribution in [2.24, 2.45) is 0 Å². The fourth-order valence-electron chi connectivity index (χ4n) is 3.28. The molecule has 4 rings (SSSR count). The van der Waals surface area contributed by atoms with Gasteiger partial charge < -0.3 is 10.6 Å². The molecule has 31 heavy (non-hydrogen) atoms. The zero-order chi connectivity index (χ0) is 21.6. The molecule has 3 aromatic heterocycles. The van der Waals surface area contributed by atoms with Crippen molar-refractivity contribution in [3.8, 4) is 11.3 Å². The molecule has 0 atom stereocenters. The molecule has 2 N–H and O–H groups in total. The number of rotatable bonds is 8. The molecule has 0 radical (unpaired) electrons. The summed E-state index contributed by atoms with van der Waals surface area (Å²) in [5.41, 5.74) is 4.09. The Morgan fingerprint density at radius 2 is 1.87 bits per heavy atom. The van der Waals surface area contributed by atoms with Gasteiger partial charge in [-0.15, -0.1) is 0 Å². The topological polar surface area (TPSA) is 84.2 Å². The summed E-state index contributed by atoms with van der Waals surface area (Å²) in [4.78, 5) is 20.7. The average Bonchev–Trinajstić information content (AvgIpc) is 3.17. The molecule has 0 saturated carbocycles. The molecule has 7 nitrogen and oxygen atoms in total. The highest BCUT2D eigenvalue weighted by molar-refractivity contribution is 6.36. The SMILES string of the molecule is Bc1cnn2c(NCCCCNC(=O)c3ccncc3)cc(-c3ccccc3Cl)nc12. The van der Waals surface area contributed by atoms with E-state index in [2.05, 4.69) is 20.7 Å². The smallest absolute Gasteiger partial charge is 0.251 e. The molecular formula is C22H22BClN6O. The lowest BCUT2D eigenvalue weighted by Crippen LogP contribution is -2.24. The van der Waals surface area contributed by atoms with Gasteiger partial charge in [-0.1, -0.05) is 29.8 Å². The van der Waals surface area contributed by atoms with Crippen LogP contribution < -0.4 is 16.1 Å². The molecule has 0 fully saturated rings. The minimum atomic E-state index is -0.0809. The first kappa shape index (κ1) is 20.9. The van der Waals surface area contributed by atoms with Crippen LogP contribution >= 0.6 is 11.6 Å². The maximum atomic E-state index is 12.1. The lowest BCUT2D eigenvalue weighted by atomic mass is 10.0. The van der Waals surface area contributed by atoms with Crippen molar-refractivity contribution < 1.29 is 4.79 Å². The molecule has 9 heteroatoms. The molecule has 0 unspecified atom stereocenters. The molecular weight excluding hydrogens is 411 g/mol. The van der Waals surface area contributed by atoms with Crippen LogP contribution in [0.2, 0.25) is 5.02 Å². The number of nitrogens with zero attached hydrogens (tertiary/aromatic N) is 4. The van der Waals surface area contributed by atoms with Gasteiger partial charge in [0.05, 0.1) is 5.69 Å². The van der Waals surface area contributed by atoms with E-state index in [0.29, 0.717) is 17.1 Å². The van der Waals surface area contributed by atoms with E-state index in [4.69, 9.17) is 16.6 Å². The normalized spacial score (nSPS) is 10.9. The van der Waals surface area contributed by atoms with E-state index in [9.17, 15) is 4.79 Å². The molecule has 156 valence electrons. The van der Waals surface area contributed by atoms with Gasteiger partial charge >= 0.3 is 0 Å². The number of carbonyl (C=O) groups is 1. The fraction of sp³-hybridized carbons (Fsp3) is 0.182. The third-order valence-corrected chi connectivity index (χ3v) is 5.27. The highest BCUT2D eigenvalue weighted by Gasteiger charge is 2.12. The van der Waals surface area contributed by atoms with E-state index in [1.165, 1.54) is 0 Å². The number of hydrogen-bond donors (Lipinski definition) is 2. The molecule has 0 spiro atoms. The summed E-state index contributed by atoms with van der Waals surface area (Å²) in [6.45, 7) is 1.35. The van der Waals surface area contributed by atoms with Crippen molar-refractivity contribution in [1.82, 2.24) is 24.9 Å². The van der Waals surface area contributed by atoms with Crippen LogP contribution in [0, 0.1) is 0 Å². The van der Waals surface area contributed by atoms with Crippen molar-refractivity contribution in [3.63, 3.8) is 0 Å². The van der Waals surface area contributed by atoms with Gasteiger partial charge in [0.1, 0.15) is 13.7 Å². The largest absolute Gasteiger partial charge is 0.370 e. The Morgan fingerprint density at radius 3 is 2.68 bits per heavy atom. The number of aromatic nitrogens is 4. The highest BCUT2D eigenvalue weighted by Crippen LogP contribution is 2.28. The molecule has 4 aromatic rings. The minimum absolute atomic E-state index is 0.0809. The Kier molecular flexibility index (Phi) is 6.47. The maximum absolute atomic E-state index is 12.1. The molecule has 0 saturated heterocycles. The molecule has 0 aliphatic rings. The fourth-order valence-corrected chi connectivity index (χ4v) is 3.51. The number of anilines is 1. The van der Waals surface area contributed by atoms with Crippen LogP contribution in [0.25, 0.3) is 16.9 Å². The minimum Gasteiger partial charge on any atom is -0.370 e. The zero-order valence-corrected chi connectivity index (χ0v) is 17.9. The molecule has 0 bridgehead atoms. The van der Waals surface area contributed by atoms with Gasteiger partial charge in [0.25, 0.3) is 5.91 Å². The maximum Gasteiger partial charge on any atom is 0.251 e. The van der Waals surface area contributed by atoms with Gasteiger partial charge in [-0.25, -0.2) is 4.98 Å². The van der Waals surface area contributed by atoms with Crippen LogP contribution in [0.1, 0.15) is 23.2 Å². The summed E-state index contributed by atoms with van der Waals surface area (Å²) in [7, 11) is 1.99. The van der Waals surface area contributed by atoms with E-state index >= 15 is 0 Å². The van der Waals surface area contributed by atoms with Crippen molar-refractivity contribution >= 4 is 42.3 Å².